The second-order valence-electron chi connectivity index (χ2n) is 3.48. The summed E-state index contributed by atoms with van der Waals surface area (Å²) in [6.45, 7) is 4.77. The molecule has 1 aromatic carbocycles. The number of amidine groups is 1. The zero-order valence-corrected chi connectivity index (χ0v) is 8.38. The van der Waals surface area contributed by atoms with E-state index in [1.165, 1.54) is 5.56 Å². The summed E-state index contributed by atoms with van der Waals surface area (Å²) in [7, 11) is 0. The molecule has 3 heteroatoms. The lowest BCUT2D eigenvalue weighted by atomic mass is 10.2. The summed E-state index contributed by atoms with van der Waals surface area (Å²) in [6.07, 6.45) is 0. The van der Waals surface area contributed by atoms with E-state index in [1.54, 1.807) is 0 Å². The van der Waals surface area contributed by atoms with Gasteiger partial charge in [0.15, 0.2) is 0 Å². The fraction of sp³-hybridized carbons (Fsp3) is 0.364. The van der Waals surface area contributed by atoms with Crippen molar-refractivity contribution in [3.8, 4) is 0 Å². The minimum atomic E-state index is 0.795. The smallest absolute Gasteiger partial charge is 0.116 e. The Bertz CT molecular complexity index is 344. The first-order valence-electron chi connectivity index (χ1n) is 4.92. The van der Waals surface area contributed by atoms with Crippen LogP contribution in [0.1, 0.15) is 5.56 Å². The van der Waals surface area contributed by atoms with Gasteiger partial charge in [-0.05, 0) is 24.6 Å². The number of anilines is 1. The summed E-state index contributed by atoms with van der Waals surface area (Å²) < 4.78 is 0. The Morgan fingerprint density at radius 3 is 3.14 bits per heavy atom. The third-order valence-electron chi connectivity index (χ3n) is 2.22. The van der Waals surface area contributed by atoms with Gasteiger partial charge in [0, 0.05) is 12.2 Å². The zero-order chi connectivity index (χ0) is 9.80. The third-order valence-corrected chi connectivity index (χ3v) is 2.22. The van der Waals surface area contributed by atoms with Crippen LogP contribution in [-0.4, -0.2) is 25.5 Å². The van der Waals surface area contributed by atoms with Gasteiger partial charge in [-0.3, -0.25) is 4.99 Å². The Hall–Kier alpha value is -1.51. The van der Waals surface area contributed by atoms with E-state index in [1.807, 2.05) is 0 Å². The molecule has 1 aliphatic heterocycles. The average Bonchev–Trinajstić information content (AvgIpc) is 2.67. The van der Waals surface area contributed by atoms with Crippen LogP contribution in [0.4, 0.5) is 5.69 Å². The summed E-state index contributed by atoms with van der Waals surface area (Å²) in [5, 5.41) is 6.56. The monoisotopic (exact) mass is 189 g/mol. The normalized spacial score (nSPS) is 14.8. The number of nitrogens with zero attached hydrogens (tertiary/aromatic N) is 1. The summed E-state index contributed by atoms with van der Waals surface area (Å²) in [6, 6.07) is 8.36. The van der Waals surface area contributed by atoms with Crippen LogP contribution in [0.3, 0.4) is 0 Å². The van der Waals surface area contributed by atoms with Crippen LogP contribution in [0.25, 0.3) is 0 Å². The van der Waals surface area contributed by atoms with Crippen molar-refractivity contribution in [2.45, 2.75) is 6.92 Å². The SMILES string of the molecule is Cc1cccc(NCC2=NCCN2)c1. The fourth-order valence-corrected chi connectivity index (χ4v) is 1.51. The van der Waals surface area contributed by atoms with E-state index in [0.29, 0.717) is 0 Å². The molecule has 0 bridgehead atoms. The van der Waals surface area contributed by atoms with E-state index in [-0.39, 0.29) is 0 Å². The van der Waals surface area contributed by atoms with Crippen molar-refractivity contribution >= 4 is 11.5 Å². The van der Waals surface area contributed by atoms with Crippen molar-refractivity contribution < 1.29 is 0 Å². The molecule has 0 radical (unpaired) electrons. The molecule has 2 N–H and O–H groups in total. The number of aryl methyl sites for hydroxylation is 1. The molecule has 3 nitrogen and oxygen atoms in total. The molecular weight excluding hydrogens is 174 g/mol. The molecule has 0 fully saturated rings. The summed E-state index contributed by atoms with van der Waals surface area (Å²) in [4.78, 5) is 4.32. The molecule has 74 valence electrons. The van der Waals surface area contributed by atoms with E-state index in [2.05, 4.69) is 46.8 Å². The van der Waals surface area contributed by atoms with Crippen LogP contribution in [0.2, 0.25) is 0 Å². The number of aliphatic imine (C=N–C) groups is 1. The number of rotatable bonds is 3. The summed E-state index contributed by atoms with van der Waals surface area (Å²) in [5.41, 5.74) is 2.43. The molecule has 0 saturated heterocycles. The Morgan fingerprint density at radius 1 is 1.50 bits per heavy atom. The van der Waals surface area contributed by atoms with Gasteiger partial charge in [-0.25, -0.2) is 0 Å². The van der Waals surface area contributed by atoms with Crippen molar-refractivity contribution in [2.24, 2.45) is 4.99 Å². The maximum atomic E-state index is 4.32. The number of hydrogen-bond donors (Lipinski definition) is 2. The van der Waals surface area contributed by atoms with Gasteiger partial charge in [0.25, 0.3) is 0 Å². The lowest BCUT2D eigenvalue weighted by Crippen LogP contribution is -2.26. The molecule has 1 aliphatic rings. The Morgan fingerprint density at radius 2 is 2.43 bits per heavy atom. The van der Waals surface area contributed by atoms with Gasteiger partial charge in [-0.1, -0.05) is 12.1 Å². The standard InChI is InChI=1S/C11H15N3/c1-9-3-2-4-10(7-9)14-8-11-12-5-6-13-11/h2-4,7,14H,5-6,8H2,1H3,(H,12,13). The largest absolute Gasteiger partial charge is 0.378 e. The highest BCUT2D eigenvalue weighted by molar-refractivity contribution is 5.87. The van der Waals surface area contributed by atoms with Crippen LogP contribution < -0.4 is 10.6 Å². The molecule has 0 spiro atoms. The minimum Gasteiger partial charge on any atom is -0.378 e. The van der Waals surface area contributed by atoms with Crippen LogP contribution in [0.5, 0.6) is 0 Å². The van der Waals surface area contributed by atoms with E-state index in [0.717, 1.165) is 31.2 Å². The molecule has 14 heavy (non-hydrogen) atoms. The number of hydrogen-bond acceptors (Lipinski definition) is 3. The van der Waals surface area contributed by atoms with E-state index in [4.69, 9.17) is 0 Å². The van der Waals surface area contributed by atoms with Crippen molar-refractivity contribution in [3.05, 3.63) is 29.8 Å². The number of benzene rings is 1. The second-order valence-corrected chi connectivity index (χ2v) is 3.48. The van der Waals surface area contributed by atoms with Gasteiger partial charge in [-0.15, -0.1) is 0 Å². The van der Waals surface area contributed by atoms with Gasteiger partial charge in [0.05, 0.1) is 13.1 Å². The maximum absolute atomic E-state index is 4.32. The third kappa shape index (κ3) is 2.25. The quantitative estimate of drug-likeness (QED) is 0.754. The second kappa shape index (κ2) is 4.13. The summed E-state index contributed by atoms with van der Waals surface area (Å²) in [5.74, 6) is 1.06. The molecule has 0 unspecified atom stereocenters. The van der Waals surface area contributed by atoms with E-state index >= 15 is 0 Å². The summed E-state index contributed by atoms with van der Waals surface area (Å²) >= 11 is 0. The first kappa shape index (κ1) is 9.06. The van der Waals surface area contributed by atoms with Crippen molar-refractivity contribution in [1.29, 1.82) is 0 Å². The molecular formula is C11H15N3. The first-order valence-corrected chi connectivity index (χ1v) is 4.92. The van der Waals surface area contributed by atoms with Crippen molar-refractivity contribution in [3.63, 3.8) is 0 Å². The first-order chi connectivity index (χ1) is 6.84. The highest BCUT2D eigenvalue weighted by Crippen LogP contribution is 2.08. The van der Waals surface area contributed by atoms with Crippen molar-refractivity contribution in [2.75, 3.05) is 25.0 Å². The lowest BCUT2D eigenvalue weighted by Gasteiger charge is -2.07. The molecule has 1 aromatic rings. The molecule has 1 heterocycles. The van der Waals surface area contributed by atoms with Gasteiger partial charge in [-0.2, -0.15) is 0 Å². The van der Waals surface area contributed by atoms with Gasteiger partial charge in [0.1, 0.15) is 5.84 Å². The van der Waals surface area contributed by atoms with Crippen LogP contribution in [0.15, 0.2) is 29.3 Å². The molecule has 0 atom stereocenters. The predicted molar refractivity (Wildman–Crippen MR) is 60.0 cm³/mol. The van der Waals surface area contributed by atoms with Gasteiger partial charge >= 0.3 is 0 Å². The molecule has 0 aliphatic carbocycles. The molecule has 0 saturated carbocycles. The van der Waals surface area contributed by atoms with Crippen molar-refractivity contribution in [1.82, 2.24) is 5.32 Å². The van der Waals surface area contributed by atoms with Crippen LogP contribution in [0, 0.1) is 6.92 Å². The average molecular weight is 189 g/mol. The van der Waals surface area contributed by atoms with Crippen LogP contribution in [-0.2, 0) is 0 Å². The highest BCUT2D eigenvalue weighted by atomic mass is 15.1. The maximum Gasteiger partial charge on any atom is 0.116 e. The zero-order valence-electron chi connectivity index (χ0n) is 8.38. The number of nitrogens with one attached hydrogen (secondary N) is 2. The Labute approximate surface area is 84.2 Å². The fourth-order valence-electron chi connectivity index (χ4n) is 1.51. The molecule has 0 aromatic heterocycles. The van der Waals surface area contributed by atoms with E-state index < -0.39 is 0 Å². The highest BCUT2D eigenvalue weighted by Gasteiger charge is 2.03. The predicted octanol–water partition coefficient (Wildman–Crippen LogP) is 1.41. The van der Waals surface area contributed by atoms with Crippen LogP contribution >= 0.6 is 0 Å². The van der Waals surface area contributed by atoms with Gasteiger partial charge in [0.2, 0.25) is 0 Å². The van der Waals surface area contributed by atoms with E-state index in [9.17, 15) is 0 Å². The molecule has 2 rings (SSSR count). The Balaban J connectivity index is 1.91. The molecule has 0 amide bonds. The van der Waals surface area contributed by atoms with Gasteiger partial charge < -0.3 is 10.6 Å². The Kier molecular flexibility index (Phi) is 2.68. The lowest BCUT2D eigenvalue weighted by molar-refractivity contribution is 0.956. The topological polar surface area (TPSA) is 36.4 Å². The minimum absolute atomic E-state index is 0.795.